The van der Waals surface area contributed by atoms with Gasteiger partial charge in [0.1, 0.15) is 0 Å². The molecule has 3 rings (SSSR count). The number of hydrogen-bond donors (Lipinski definition) is 1. The summed E-state index contributed by atoms with van der Waals surface area (Å²) in [7, 11) is 0. The molecule has 0 fully saturated rings. The molecule has 1 N–H and O–H groups in total. The molecule has 0 radical (unpaired) electrons. The van der Waals surface area contributed by atoms with E-state index >= 15 is 0 Å². The van der Waals surface area contributed by atoms with E-state index in [2.05, 4.69) is 48.9 Å². The zero-order valence-electron chi connectivity index (χ0n) is 14.8. The van der Waals surface area contributed by atoms with Gasteiger partial charge in [0.2, 0.25) is 0 Å². The molecule has 0 saturated heterocycles. The Morgan fingerprint density at radius 2 is 1.75 bits per heavy atom. The third kappa shape index (κ3) is 4.36. The van der Waals surface area contributed by atoms with Crippen molar-refractivity contribution in [2.45, 2.75) is 65.1 Å². The Morgan fingerprint density at radius 3 is 2.42 bits per heavy atom. The van der Waals surface area contributed by atoms with Crippen molar-refractivity contribution in [3.05, 3.63) is 46.6 Å². The highest BCUT2D eigenvalue weighted by molar-refractivity contribution is 6.30. The van der Waals surface area contributed by atoms with Gasteiger partial charge in [0.15, 0.2) is 0 Å². The third-order valence-corrected chi connectivity index (χ3v) is 4.87. The van der Waals surface area contributed by atoms with Gasteiger partial charge in [-0.15, -0.1) is 12.4 Å². The maximum absolute atomic E-state index is 6.06. The van der Waals surface area contributed by atoms with Gasteiger partial charge in [-0.05, 0) is 61.9 Å². The van der Waals surface area contributed by atoms with Crippen molar-refractivity contribution in [2.24, 2.45) is 0 Å². The quantitative estimate of drug-likeness (QED) is 0.739. The molecule has 1 aliphatic carbocycles. The fourth-order valence-electron chi connectivity index (χ4n) is 3.73. The second-order valence-electron chi connectivity index (χ2n) is 7.05. The molecule has 1 atom stereocenters. The van der Waals surface area contributed by atoms with Gasteiger partial charge in [-0.1, -0.05) is 37.6 Å². The lowest BCUT2D eigenvalue weighted by atomic mass is 9.98. The van der Waals surface area contributed by atoms with Crippen LogP contribution in [0.15, 0.2) is 30.3 Å². The SMILES string of the molecule is CC(C)NC(C)Cn1c(-c2ccc(Cl)cc2)cc2c1CCCC2.Cl. The van der Waals surface area contributed by atoms with Gasteiger partial charge < -0.3 is 9.88 Å². The number of rotatable bonds is 5. The van der Waals surface area contributed by atoms with Crippen LogP contribution >= 0.6 is 24.0 Å². The molecule has 0 aliphatic heterocycles. The van der Waals surface area contributed by atoms with E-state index in [-0.39, 0.29) is 12.4 Å². The highest BCUT2D eigenvalue weighted by Gasteiger charge is 2.20. The Kier molecular flexibility index (Phi) is 6.79. The molecule has 4 heteroatoms. The average Bonchev–Trinajstić information content (AvgIpc) is 2.86. The van der Waals surface area contributed by atoms with Crippen molar-refractivity contribution >= 4 is 24.0 Å². The first-order chi connectivity index (χ1) is 11.0. The van der Waals surface area contributed by atoms with Crippen molar-refractivity contribution in [1.82, 2.24) is 9.88 Å². The first-order valence-corrected chi connectivity index (χ1v) is 9.15. The number of nitrogens with one attached hydrogen (secondary N) is 1. The van der Waals surface area contributed by atoms with Crippen LogP contribution in [0.1, 0.15) is 44.9 Å². The highest BCUT2D eigenvalue weighted by Crippen LogP contribution is 2.32. The molecule has 24 heavy (non-hydrogen) atoms. The van der Waals surface area contributed by atoms with Crippen LogP contribution in [0, 0.1) is 0 Å². The Balaban J connectivity index is 0.00000208. The highest BCUT2D eigenvalue weighted by atomic mass is 35.5. The minimum Gasteiger partial charge on any atom is -0.343 e. The van der Waals surface area contributed by atoms with Crippen LogP contribution in [0.3, 0.4) is 0 Å². The molecule has 0 bridgehead atoms. The minimum atomic E-state index is 0. The fourth-order valence-corrected chi connectivity index (χ4v) is 3.85. The number of aryl methyl sites for hydroxylation is 1. The smallest absolute Gasteiger partial charge is 0.0485 e. The standard InChI is InChI=1S/C20H27ClN2.ClH/c1-14(2)22-15(3)13-23-19-7-5-4-6-17(19)12-20(23)16-8-10-18(21)11-9-16;/h8-12,14-15,22H,4-7,13H2,1-3H3;1H. The summed E-state index contributed by atoms with van der Waals surface area (Å²) >= 11 is 6.06. The number of hydrogen-bond acceptors (Lipinski definition) is 1. The number of halogens is 2. The summed E-state index contributed by atoms with van der Waals surface area (Å²) in [5.74, 6) is 0. The summed E-state index contributed by atoms with van der Waals surface area (Å²) in [6, 6.07) is 11.6. The predicted octanol–water partition coefficient (Wildman–Crippen LogP) is 5.50. The van der Waals surface area contributed by atoms with Gasteiger partial charge in [-0.2, -0.15) is 0 Å². The van der Waals surface area contributed by atoms with E-state index < -0.39 is 0 Å². The Bertz CT molecular complexity index is 659. The summed E-state index contributed by atoms with van der Waals surface area (Å²) in [5, 5.41) is 4.43. The lowest BCUT2D eigenvalue weighted by Gasteiger charge is -2.23. The van der Waals surface area contributed by atoms with E-state index in [4.69, 9.17) is 11.6 Å². The van der Waals surface area contributed by atoms with Gasteiger partial charge in [0.25, 0.3) is 0 Å². The van der Waals surface area contributed by atoms with E-state index in [1.54, 1.807) is 5.69 Å². The average molecular weight is 367 g/mol. The van der Waals surface area contributed by atoms with E-state index in [9.17, 15) is 0 Å². The summed E-state index contributed by atoms with van der Waals surface area (Å²) in [4.78, 5) is 0. The Labute approximate surface area is 157 Å². The van der Waals surface area contributed by atoms with Crippen LogP contribution in [0.5, 0.6) is 0 Å². The van der Waals surface area contributed by atoms with Crippen LogP contribution < -0.4 is 5.32 Å². The fraction of sp³-hybridized carbons (Fsp3) is 0.500. The van der Waals surface area contributed by atoms with Gasteiger partial charge in [0.05, 0.1) is 0 Å². The molecule has 1 unspecified atom stereocenters. The summed E-state index contributed by atoms with van der Waals surface area (Å²) in [5.41, 5.74) is 5.68. The van der Waals surface area contributed by atoms with Crippen molar-refractivity contribution in [3.63, 3.8) is 0 Å². The number of nitrogens with zero attached hydrogens (tertiary/aromatic N) is 1. The zero-order chi connectivity index (χ0) is 16.4. The molecule has 1 aromatic heterocycles. The predicted molar refractivity (Wildman–Crippen MR) is 107 cm³/mol. The summed E-state index contributed by atoms with van der Waals surface area (Å²) in [6.45, 7) is 7.72. The van der Waals surface area contributed by atoms with Crippen LogP contribution in [-0.2, 0) is 19.4 Å². The molecule has 1 heterocycles. The largest absolute Gasteiger partial charge is 0.343 e. The van der Waals surface area contributed by atoms with Crippen LogP contribution in [-0.4, -0.2) is 16.7 Å². The van der Waals surface area contributed by atoms with Gasteiger partial charge in [-0.25, -0.2) is 0 Å². The normalized spacial score (nSPS) is 15.0. The lowest BCUT2D eigenvalue weighted by molar-refractivity contribution is 0.432. The maximum Gasteiger partial charge on any atom is 0.0485 e. The van der Waals surface area contributed by atoms with E-state index in [1.807, 2.05) is 12.1 Å². The molecule has 2 nitrogen and oxygen atoms in total. The van der Waals surface area contributed by atoms with E-state index in [1.165, 1.54) is 42.5 Å². The van der Waals surface area contributed by atoms with E-state index in [0.717, 1.165) is 11.6 Å². The van der Waals surface area contributed by atoms with Crippen molar-refractivity contribution in [1.29, 1.82) is 0 Å². The summed E-state index contributed by atoms with van der Waals surface area (Å²) in [6.07, 6.45) is 5.05. The second kappa shape index (κ2) is 8.42. The minimum absolute atomic E-state index is 0. The number of aromatic nitrogens is 1. The van der Waals surface area contributed by atoms with Crippen LogP contribution in [0.4, 0.5) is 0 Å². The van der Waals surface area contributed by atoms with Gasteiger partial charge >= 0.3 is 0 Å². The topological polar surface area (TPSA) is 17.0 Å². The lowest BCUT2D eigenvalue weighted by Crippen LogP contribution is -2.36. The maximum atomic E-state index is 6.06. The second-order valence-corrected chi connectivity index (χ2v) is 7.48. The van der Waals surface area contributed by atoms with Gasteiger partial charge in [0, 0.05) is 35.0 Å². The van der Waals surface area contributed by atoms with Crippen LogP contribution in [0.2, 0.25) is 5.02 Å². The third-order valence-electron chi connectivity index (χ3n) is 4.62. The Hall–Kier alpha value is -0.960. The monoisotopic (exact) mass is 366 g/mol. The molecule has 0 saturated carbocycles. The zero-order valence-corrected chi connectivity index (χ0v) is 16.4. The molecule has 0 spiro atoms. The Morgan fingerprint density at radius 1 is 1.08 bits per heavy atom. The van der Waals surface area contributed by atoms with Crippen molar-refractivity contribution < 1.29 is 0 Å². The molecular formula is C20H28Cl2N2. The van der Waals surface area contributed by atoms with Crippen molar-refractivity contribution in [2.75, 3.05) is 0 Å². The van der Waals surface area contributed by atoms with Crippen molar-refractivity contribution in [3.8, 4) is 11.3 Å². The first-order valence-electron chi connectivity index (χ1n) is 8.78. The molecule has 2 aromatic rings. The number of benzene rings is 1. The molecule has 0 amide bonds. The van der Waals surface area contributed by atoms with E-state index in [0.29, 0.717) is 12.1 Å². The van der Waals surface area contributed by atoms with Gasteiger partial charge in [-0.3, -0.25) is 0 Å². The summed E-state index contributed by atoms with van der Waals surface area (Å²) < 4.78 is 2.54. The molecular weight excluding hydrogens is 339 g/mol. The van der Waals surface area contributed by atoms with Crippen LogP contribution in [0.25, 0.3) is 11.3 Å². The molecule has 132 valence electrons. The molecule has 1 aliphatic rings. The molecule has 1 aromatic carbocycles. The first kappa shape index (κ1) is 19.4. The number of fused-ring (bicyclic) bond motifs is 1.